The number of ketones is 1. The third-order valence-electron chi connectivity index (χ3n) is 4.72. The molecule has 2 aromatic carbocycles. The summed E-state index contributed by atoms with van der Waals surface area (Å²) in [6, 6.07) is 14.6. The van der Waals surface area contributed by atoms with Crippen LogP contribution in [0.5, 0.6) is 5.75 Å². The largest absolute Gasteiger partial charge is 0.481 e. The van der Waals surface area contributed by atoms with Crippen LogP contribution in [0.4, 0.5) is 16.6 Å². The summed E-state index contributed by atoms with van der Waals surface area (Å²) in [6.45, 7) is 3.19. The molecule has 10 heteroatoms. The molecule has 3 rings (SSSR count). The predicted octanol–water partition coefficient (Wildman–Crippen LogP) is 2.22. The van der Waals surface area contributed by atoms with E-state index >= 15 is 0 Å². The Morgan fingerprint density at radius 2 is 1.59 bits per heavy atom. The van der Waals surface area contributed by atoms with E-state index in [1.807, 2.05) is 30.3 Å². The fraction of sp³-hybridized carbons (Fsp3) is 0.182. The minimum atomic E-state index is -0.799. The highest BCUT2D eigenvalue weighted by Gasteiger charge is 2.27. The van der Waals surface area contributed by atoms with Crippen molar-refractivity contribution in [2.24, 2.45) is 11.5 Å². The average molecular weight is 454 g/mol. The molecule has 0 radical (unpaired) electrons. The van der Waals surface area contributed by atoms with Gasteiger partial charge in [-0.3, -0.25) is 14.4 Å². The Kier molecular flexibility index (Phi) is 6.74. The van der Waals surface area contributed by atoms with Crippen LogP contribution in [0.15, 0.2) is 54.6 Å². The van der Waals surface area contributed by atoms with Gasteiger partial charge >= 0.3 is 0 Å². The zero-order chi connectivity index (χ0) is 23.4. The summed E-state index contributed by atoms with van der Waals surface area (Å²) < 4.78 is 5.40. The molecule has 2 atom stereocenters. The Bertz CT molecular complexity index is 1130. The Labute approximate surface area is 188 Å². The lowest BCUT2D eigenvalue weighted by molar-refractivity contribution is -0.124. The predicted molar refractivity (Wildman–Crippen MR) is 123 cm³/mol. The summed E-state index contributed by atoms with van der Waals surface area (Å²) in [5.41, 5.74) is 17.8. The topological polar surface area (TPSA) is 155 Å². The number of ether oxygens (including phenoxy) is 1. The highest BCUT2D eigenvalue weighted by molar-refractivity contribution is 7.18. The number of para-hydroxylation sites is 1. The molecule has 1 aromatic heterocycles. The van der Waals surface area contributed by atoms with E-state index in [4.69, 9.17) is 21.9 Å². The smallest absolute Gasteiger partial charge is 0.258 e. The molecule has 3 aromatic rings. The number of amides is 2. The molecule has 0 fully saturated rings. The monoisotopic (exact) mass is 453 g/mol. The summed E-state index contributed by atoms with van der Waals surface area (Å²) >= 11 is 1.07. The number of thiazole rings is 1. The first-order valence-corrected chi connectivity index (χ1v) is 10.5. The number of carbonyl (C=O) groups is 3. The number of hydrogen-bond acceptors (Lipinski definition) is 8. The molecule has 0 saturated carbocycles. The summed E-state index contributed by atoms with van der Waals surface area (Å²) in [5, 5.41) is 0.374. The molecule has 2 amide bonds. The Hall–Kier alpha value is -3.92. The first-order chi connectivity index (χ1) is 15.2. The molecule has 0 aliphatic rings. The van der Waals surface area contributed by atoms with Crippen molar-refractivity contribution in [3.05, 3.63) is 65.0 Å². The molecule has 0 aliphatic carbocycles. The van der Waals surface area contributed by atoms with Crippen LogP contribution in [0.25, 0.3) is 0 Å². The third-order valence-corrected chi connectivity index (χ3v) is 5.79. The second-order valence-electron chi connectivity index (χ2n) is 7.01. The zero-order valence-electron chi connectivity index (χ0n) is 17.5. The van der Waals surface area contributed by atoms with Gasteiger partial charge in [-0.2, -0.15) is 0 Å². The second-order valence-corrected chi connectivity index (χ2v) is 7.99. The van der Waals surface area contributed by atoms with Crippen molar-refractivity contribution in [2.75, 3.05) is 10.6 Å². The molecular weight excluding hydrogens is 430 g/mol. The molecule has 0 spiro atoms. The van der Waals surface area contributed by atoms with Crippen molar-refractivity contribution >= 4 is 45.6 Å². The summed E-state index contributed by atoms with van der Waals surface area (Å²) in [7, 11) is 0. The highest BCUT2D eigenvalue weighted by atomic mass is 32.1. The van der Waals surface area contributed by atoms with Gasteiger partial charge in [-0.25, -0.2) is 4.98 Å². The average Bonchev–Trinajstić information content (AvgIpc) is 3.15. The van der Waals surface area contributed by atoms with Gasteiger partial charge in [0.2, 0.25) is 11.7 Å². The van der Waals surface area contributed by atoms with Crippen molar-refractivity contribution in [2.45, 2.75) is 26.0 Å². The molecule has 0 saturated heterocycles. The molecule has 0 aliphatic heterocycles. The molecular formula is C22H23N5O4S. The van der Waals surface area contributed by atoms with E-state index in [-0.39, 0.29) is 16.5 Å². The van der Waals surface area contributed by atoms with Gasteiger partial charge in [0, 0.05) is 11.3 Å². The zero-order valence-corrected chi connectivity index (χ0v) is 18.3. The number of anilines is 3. The molecule has 9 nitrogen and oxygen atoms in total. The quantitative estimate of drug-likeness (QED) is 0.420. The van der Waals surface area contributed by atoms with Crippen LogP contribution < -0.4 is 26.8 Å². The molecule has 0 unspecified atom stereocenters. The number of nitrogens with zero attached hydrogens (tertiary/aromatic N) is 2. The third kappa shape index (κ3) is 4.86. The minimum absolute atomic E-state index is 0.0512. The van der Waals surface area contributed by atoms with E-state index < -0.39 is 24.0 Å². The lowest BCUT2D eigenvalue weighted by Gasteiger charge is -2.26. The number of hydrogen-bond donors (Lipinski definition) is 3. The van der Waals surface area contributed by atoms with E-state index in [0.29, 0.717) is 22.1 Å². The van der Waals surface area contributed by atoms with Gasteiger partial charge < -0.3 is 26.8 Å². The van der Waals surface area contributed by atoms with Crippen LogP contribution in [0, 0.1) is 0 Å². The highest BCUT2D eigenvalue weighted by Crippen LogP contribution is 2.35. The Morgan fingerprint density at radius 1 is 0.969 bits per heavy atom. The summed E-state index contributed by atoms with van der Waals surface area (Å²) in [5.74, 6) is -1.02. The first kappa shape index (κ1) is 22.8. The van der Waals surface area contributed by atoms with Crippen LogP contribution in [0.3, 0.4) is 0 Å². The van der Waals surface area contributed by atoms with Crippen LogP contribution in [-0.2, 0) is 9.59 Å². The van der Waals surface area contributed by atoms with Crippen molar-refractivity contribution in [1.29, 1.82) is 0 Å². The first-order valence-electron chi connectivity index (χ1n) is 9.69. The molecule has 0 bridgehead atoms. The van der Waals surface area contributed by atoms with Gasteiger partial charge in [-0.05, 0) is 50.2 Å². The van der Waals surface area contributed by atoms with Gasteiger partial charge in [0.05, 0.1) is 0 Å². The maximum Gasteiger partial charge on any atom is 0.258 e. The molecule has 166 valence electrons. The van der Waals surface area contributed by atoms with E-state index in [2.05, 4.69) is 4.98 Å². The van der Waals surface area contributed by atoms with E-state index in [9.17, 15) is 14.4 Å². The lowest BCUT2D eigenvalue weighted by Crippen LogP contribution is -2.39. The van der Waals surface area contributed by atoms with Gasteiger partial charge in [-0.15, -0.1) is 0 Å². The van der Waals surface area contributed by atoms with E-state index in [0.717, 1.165) is 11.3 Å². The van der Waals surface area contributed by atoms with Crippen molar-refractivity contribution in [1.82, 2.24) is 4.98 Å². The summed E-state index contributed by atoms with van der Waals surface area (Å²) in [6.07, 6.45) is -0.799. The summed E-state index contributed by atoms with van der Waals surface area (Å²) in [4.78, 5) is 42.3. The standard InChI is InChI=1S/C22H23N5O4S/c1-12(20(24)29)27(15-6-4-3-5-7-15)22-26-19(23)18(32-22)17(28)14-8-10-16(11-9-14)31-13(2)21(25)30/h3-13H,23H2,1-2H3,(H2,24,29)(H2,25,30)/t12-,13-/m1/s1. The van der Waals surface area contributed by atoms with Crippen molar-refractivity contribution < 1.29 is 19.1 Å². The van der Waals surface area contributed by atoms with Crippen LogP contribution >= 0.6 is 11.3 Å². The minimum Gasteiger partial charge on any atom is -0.481 e. The van der Waals surface area contributed by atoms with Gasteiger partial charge in [-0.1, -0.05) is 29.5 Å². The number of benzene rings is 2. The maximum atomic E-state index is 13.1. The van der Waals surface area contributed by atoms with E-state index in [1.165, 1.54) is 6.92 Å². The number of nitrogen functional groups attached to an aromatic ring is 1. The molecule has 32 heavy (non-hydrogen) atoms. The number of rotatable bonds is 9. The van der Waals surface area contributed by atoms with E-state index in [1.54, 1.807) is 36.1 Å². The number of aromatic nitrogens is 1. The normalized spacial score (nSPS) is 12.6. The van der Waals surface area contributed by atoms with Crippen LogP contribution in [0.1, 0.15) is 29.1 Å². The van der Waals surface area contributed by atoms with Gasteiger partial charge in [0.1, 0.15) is 22.5 Å². The number of primary amides is 2. The molecule has 1 heterocycles. The van der Waals surface area contributed by atoms with Gasteiger partial charge in [0.25, 0.3) is 5.91 Å². The molecule has 6 N–H and O–H groups in total. The lowest BCUT2D eigenvalue weighted by atomic mass is 10.1. The van der Waals surface area contributed by atoms with Gasteiger partial charge in [0.15, 0.2) is 11.2 Å². The Morgan fingerprint density at radius 3 is 2.16 bits per heavy atom. The van der Waals surface area contributed by atoms with Crippen molar-refractivity contribution in [3.8, 4) is 5.75 Å². The fourth-order valence-corrected chi connectivity index (χ4v) is 3.93. The van der Waals surface area contributed by atoms with Crippen molar-refractivity contribution in [3.63, 3.8) is 0 Å². The SMILES string of the molecule is C[C@H](C(N)=O)N(c1ccccc1)c1nc(N)c(C(=O)c2ccc(O[C@H](C)C(N)=O)cc2)s1. The number of carbonyl (C=O) groups excluding carboxylic acids is 3. The fourth-order valence-electron chi connectivity index (χ4n) is 2.88. The van der Waals surface area contributed by atoms with Crippen LogP contribution in [0.2, 0.25) is 0 Å². The Balaban J connectivity index is 1.90. The van der Waals surface area contributed by atoms with Crippen LogP contribution in [-0.4, -0.2) is 34.7 Å². The number of nitrogens with two attached hydrogens (primary N) is 3. The second kappa shape index (κ2) is 9.48. The maximum absolute atomic E-state index is 13.1.